The van der Waals surface area contributed by atoms with Gasteiger partial charge < -0.3 is 9.47 Å². The summed E-state index contributed by atoms with van der Waals surface area (Å²) in [7, 11) is 0. The molecular formula is C16H12ClF3O3. The molecule has 0 aliphatic carbocycles. The molecule has 0 saturated carbocycles. The minimum atomic E-state index is -4.48. The first-order valence-electron chi connectivity index (χ1n) is 6.57. The monoisotopic (exact) mass is 344 g/mol. The van der Waals surface area contributed by atoms with Gasteiger partial charge in [0.25, 0.3) is 0 Å². The second kappa shape index (κ2) is 6.91. The normalized spacial score (nSPS) is 12.6. The molecule has 2 rings (SSSR count). The number of ether oxygens (including phenoxy) is 2. The number of hydrogen-bond acceptors (Lipinski definition) is 3. The van der Waals surface area contributed by atoms with E-state index >= 15 is 0 Å². The van der Waals surface area contributed by atoms with Crippen molar-refractivity contribution in [3.05, 3.63) is 59.1 Å². The molecular weight excluding hydrogens is 333 g/mol. The number of esters is 1. The maximum Gasteiger partial charge on any atom is 0.416 e. The molecule has 122 valence electrons. The van der Waals surface area contributed by atoms with E-state index in [-0.39, 0.29) is 11.5 Å². The summed E-state index contributed by atoms with van der Waals surface area (Å²) in [5.74, 6) is -0.538. The number of halogens is 4. The van der Waals surface area contributed by atoms with Crippen molar-refractivity contribution < 1.29 is 27.4 Å². The maximum atomic E-state index is 12.6. The zero-order chi connectivity index (χ0) is 17.0. The van der Waals surface area contributed by atoms with Crippen molar-refractivity contribution in [3.8, 4) is 11.5 Å². The molecule has 0 fully saturated rings. The Labute approximate surface area is 135 Å². The summed E-state index contributed by atoms with van der Waals surface area (Å²) < 4.78 is 48.1. The second-order valence-corrected chi connectivity index (χ2v) is 5.10. The average molecular weight is 345 g/mol. The predicted octanol–water partition coefficient (Wildman–Crippen LogP) is 4.73. The van der Waals surface area contributed by atoms with Crippen LogP contribution in [0.5, 0.6) is 11.5 Å². The van der Waals surface area contributed by atoms with Gasteiger partial charge in [0.15, 0.2) is 6.10 Å². The van der Waals surface area contributed by atoms with Crippen molar-refractivity contribution in [2.45, 2.75) is 19.2 Å². The van der Waals surface area contributed by atoms with Crippen molar-refractivity contribution in [1.29, 1.82) is 0 Å². The third-order valence-corrected chi connectivity index (χ3v) is 3.09. The summed E-state index contributed by atoms with van der Waals surface area (Å²) in [6.45, 7) is 1.39. The van der Waals surface area contributed by atoms with E-state index in [4.69, 9.17) is 21.1 Å². The molecule has 23 heavy (non-hydrogen) atoms. The Balaban J connectivity index is 2.02. The first-order chi connectivity index (χ1) is 10.8. The van der Waals surface area contributed by atoms with Crippen LogP contribution in [0.25, 0.3) is 0 Å². The molecule has 0 heterocycles. The van der Waals surface area contributed by atoms with Crippen LogP contribution in [0.15, 0.2) is 48.5 Å². The topological polar surface area (TPSA) is 35.5 Å². The number of hydrogen-bond donors (Lipinski definition) is 0. The van der Waals surface area contributed by atoms with E-state index in [1.807, 2.05) is 0 Å². The summed E-state index contributed by atoms with van der Waals surface area (Å²) in [5.41, 5.74) is -0.853. The zero-order valence-corrected chi connectivity index (χ0v) is 12.7. The fourth-order valence-corrected chi connectivity index (χ4v) is 1.83. The van der Waals surface area contributed by atoms with E-state index in [0.29, 0.717) is 5.02 Å². The van der Waals surface area contributed by atoms with Crippen molar-refractivity contribution >= 4 is 17.6 Å². The van der Waals surface area contributed by atoms with Gasteiger partial charge >= 0.3 is 12.1 Å². The molecule has 7 heteroatoms. The molecule has 0 amide bonds. The summed E-state index contributed by atoms with van der Waals surface area (Å²) in [6, 6.07) is 10.4. The van der Waals surface area contributed by atoms with Gasteiger partial charge in [-0.1, -0.05) is 17.7 Å². The zero-order valence-electron chi connectivity index (χ0n) is 11.9. The third kappa shape index (κ3) is 4.89. The fourth-order valence-electron chi connectivity index (χ4n) is 1.70. The summed E-state index contributed by atoms with van der Waals surface area (Å²) >= 11 is 5.71. The molecule has 0 aliphatic rings. The highest BCUT2D eigenvalue weighted by molar-refractivity contribution is 6.30. The molecule has 0 saturated heterocycles. The SMILES string of the molecule is CC(Oc1cccc(C(F)(F)F)c1)C(=O)Oc1ccc(Cl)cc1. The quantitative estimate of drug-likeness (QED) is 0.594. The molecule has 1 unspecified atom stereocenters. The van der Waals surface area contributed by atoms with Gasteiger partial charge in [-0.15, -0.1) is 0 Å². The van der Waals surface area contributed by atoms with Crippen LogP contribution in [0.3, 0.4) is 0 Å². The fraction of sp³-hybridized carbons (Fsp3) is 0.188. The van der Waals surface area contributed by atoms with Crippen LogP contribution in [0.4, 0.5) is 13.2 Å². The summed E-state index contributed by atoms with van der Waals surface area (Å²) in [5, 5.41) is 0.484. The van der Waals surface area contributed by atoms with E-state index < -0.39 is 23.8 Å². The molecule has 0 spiro atoms. The maximum absolute atomic E-state index is 12.6. The summed E-state index contributed by atoms with van der Waals surface area (Å²) in [4.78, 5) is 11.9. The Hall–Kier alpha value is -2.21. The van der Waals surface area contributed by atoms with E-state index in [2.05, 4.69) is 0 Å². The Bertz CT molecular complexity index is 684. The molecule has 0 bridgehead atoms. The van der Waals surface area contributed by atoms with Crippen molar-refractivity contribution in [1.82, 2.24) is 0 Å². The Morgan fingerprint density at radius 2 is 1.74 bits per heavy atom. The largest absolute Gasteiger partial charge is 0.479 e. The summed E-state index contributed by atoms with van der Waals surface area (Å²) in [6.07, 6.45) is -5.55. The molecule has 0 N–H and O–H groups in total. The van der Waals surface area contributed by atoms with E-state index in [1.165, 1.54) is 31.2 Å². The highest BCUT2D eigenvalue weighted by Crippen LogP contribution is 2.31. The van der Waals surface area contributed by atoms with Gasteiger partial charge in [-0.3, -0.25) is 0 Å². The standard InChI is InChI=1S/C16H12ClF3O3/c1-10(15(21)23-13-7-5-12(17)6-8-13)22-14-4-2-3-11(9-14)16(18,19)20/h2-10H,1H3. The molecule has 0 aliphatic heterocycles. The molecule has 1 atom stereocenters. The number of carbonyl (C=O) groups excluding carboxylic acids is 1. The number of alkyl halides is 3. The van der Waals surface area contributed by atoms with Gasteiger partial charge in [0, 0.05) is 5.02 Å². The van der Waals surface area contributed by atoms with Crippen LogP contribution in [-0.2, 0) is 11.0 Å². The van der Waals surface area contributed by atoms with Crippen LogP contribution < -0.4 is 9.47 Å². The van der Waals surface area contributed by atoms with Gasteiger partial charge in [0.2, 0.25) is 0 Å². The number of rotatable bonds is 4. The van der Waals surface area contributed by atoms with Gasteiger partial charge in [-0.05, 0) is 49.4 Å². The van der Waals surface area contributed by atoms with Crippen LogP contribution in [-0.4, -0.2) is 12.1 Å². The lowest BCUT2D eigenvalue weighted by atomic mass is 10.2. The van der Waals surface area contributed by atoms with Gasteiger partial charge in [0.1, 0.15) is 11.5 Å². The third-order valence-electron chi connectivity index (χ3n) is 2.84. The van der Waals surface area contributed by atoms with Gasteiger partial charge in [0.05, 0.1) is 5.56 Å². The Morgan fingerprint density at radius 3 is 2.35 bits per heavy atom. The average Bonchev–Trinajstić information content (AvgIpc) is 2.49. The van der Waals surface area contributed by atoms with E-state index in [0.717, 1.165) is 12.1 Å². The Kier molecular flexibility index (Phi) is 5.15. The van der Waals surface area contributed by atoms with Crippen molar-refractivity contribution in [2.24, 2.45) is 0 Å². The van der Waals surface area contributed by atoms with E-state index in [1.54, 1.807) is 12.1 Å². The van der Waals surface area contributed by atoms with Crippen LogP contribution in [0.1, 0.15) is 12.5 Å². The molecule has 0 radical (unpaired) electrons. The smallest absolute Gasteiger partial charge is 0.416 e. The Morgan fingerprint density at radius 1 is 1.09 bits per heavy atom. The van der Waals surface area contributed by atoms with E-state index in [9.17, 15) is 18.0 Å². The molecule has 2 aromatic rings. The number of carbonyl (C=O) groups is 1. The minimum Gasteiger partial charge on any atom is -0.479 e. The highest BCUT2D eigenvalue weighted by Gasteiger charge is 2.31. The van der Waals surface area contributed by atoms with Crippen LogP contribution in [0.2, 0.25) is 5.02 Å². The van der Waals surface area contributed by atoms with Crippen LogP contribution in [0, 0.1) is 0 Å². The molecule has 3 nitrogen and oxygen atoms in total. The molecule has 0 aromatic heterocycles. The van der Waals surface area contributed by atoms with Crippen molar-refractivity contribution in [2.75, 3.05) is 0 Å². The van der Waals surface area contributed by atoms with Crippen LogP contribution >= 0.6 is 11.6 Å². The first kappa shape index (κ1) is 17.1. The predicted molar refractivity (Wildman–Crippen MR) is 78.6 cm³/mol. The lowest BCUT2D eigenvalue weighted by Crippen LogP contribution is -2.28. The number of benzene rings is 2. The van der Waals surface area contributed by atoms with Crippen molar-refractivity contribution in [3.63, 3.8) is 0 Å². The molecule has 2 aromatic carbocycles. The first-order valence-corrected chi connectivity index (χ1v) is 6.94. The van der Waals surface area contributed by atoms with Gasteiger partial charge in [-0.2, -0.15) is 13.2 Å². The van der Waals surface area contributed by atoms with Gasteiger partial charge in [-0.25, -0.2) is 4.79 Å². The lowest BCUT2D eigenvalue weighted by Gasteiger charge is -2.15. The lowest BCUT2D eigenvalue weighted by molar-refractivity contribution is -0.141. The highest BCUT2D eigenvalue weighted by atomic mass is 35.5. The minimum absolute atomic E-state index is 0.0691. The second-order valence-electron chi connectivity index (χ2n) is 4.66.